The molecule has 1 atom stereocenters. The predicted octanol–water partition coefficient (Wildman–Crippen LogP) is 2.60. The van der Waals surface area contributed by atoms with E-state index in [9.17, 15) is 13.5 Å². The Morgan fingerprint density at radius 3 is 2.42 bits per heavy atom. The summed E-state index contributed by atoms with van der Waals surface area (Å²) in [6, 6.07) is -0.0594. The maximum atomic E-state index is 12.6. The van der Waals surface area contributed by atoms with Crippen LogP contribution in [-0.2, 0) is 16.6 Å². The number of aryl methyl sites for hydroxylation is 1. The molecule has 0 amide bonds. The van der Waals surface area contributed by atoms with Gasteiger partial charge in [0.15, 0.2) is 0 Å². The van der Waals surface area contributed by atoms with E-state index >= 15 is 0 Å². The van der Waals surface area contributed by atoms with Crippen molar-refractivity contribution in [1.82, 2.24) is 4.31 Å². The van der Waals surface area contributed by atoms with Gasteiger partial charge in [0, 0.05) is 13.1 Å². The van der Waals surface area contributed by atoms with Gasteiger partial charge in [-0.05, 0) is 37.1 Å². The van der Waals surface area contributed by atoms with Crippen LogP contribution in [0.5, 0.6) is 0 Å². The van der Waals surface area contributed by atoms with Crippen LogP contribution in [0.15, 0.2) is 10.3 Å². The molecule has 0 spiro atoms. The summed E-state index contributed by atoms with van der Waals surface area (Å²) in [5, 5.41) is 11.1. The molecule has 0 aliphatic carbocycles. The Hall–Kier alpha value is -0.430. The Morgan fingerprint density at radius 1 is 1.37 bits per heavy atom. The topological polar surface area (TPSA) is 57.6 Å². The van der Waals surface area contributed by atoms with Gasteiger partial charge >= 0.3 is 0 Å². The molecule has 110 valence electrons. The maximum Gasteiger partial charge on any atom is 0.244 e. The molecule has 0 saturated carbocycles. The van der Waals surface area contributed by atoms with Crippen molar-refractivity contribution < 1.29 is 13.5 Å². The lowest BCUT2D eigenvalue weighted by Crippen LogP contribution is -2.36. The van der Waals surface area contributed by atoms with Crippen LogP contribution in [0.2, 0.25) is 0 Å². The predicted molar refractivity (Wildman–Crippen MR) is 78.8 cm³/mol. The molecular formula is C13H23NO3S2. The third kappa shape index (κ3) is 3.56. The van der Waals surface area contributed by atoms with Crippen LogP contribution in [0.3, 0.4) is 0 Å². The molecule has 1 rings (SSSR count). The van der Waals surface area contributed by atoms with Crippen LogP contribution < -0.4 is 0 Å². The van der Waals surface area contributed by atoms with Gasteiger partial charge in [-0.15, -0.1) is 11.3 Å². The van der Waals surface area contributed by atoms with Crippen molar-refractivity contribution in [3.8, 4) is 0 Å². The van der Waals surface area contributed by atoms with Crippen LogP contribution in [0, 0.1) is 12.8 Å². The summed E-state index contributed by atoms with van der Waals surface area (Å²) in [7, 11) is -1.92. The zero-order valence-corrected chi connectivity index (χ0v) is 13.8. The lowest BCUT2D eigenvalue weighted by Gasteiger charge is -2.26. The van der Waals surface area contributed by atoms with Crippen molar-refractivity contribution in [1.29, 1.82) is 0 Å². The van der Waals surface area contributed by atoms with Crippen molar-refractivity contribution in [2.45, 2.75) is 51.7 Å². The van der Waals surface area contributed by atoms with E-state index in [2.05, 4.69) is 13.8 Å². The number of rotatable bonds is 6. The van der Waals surface area contributed by atoms with E-state index in [0.717, 1.165) is 6.42 Å². The van der Waals surface area contributed by atoms with E-state index in [4.69, 9.17) is 0 Å². The Labute approximate surface area is 120 Å². The standard InChI is InChI=1S/C13H23NO3S2/c1-9(2)6-11(4)14(5)19(16,17)13-10(3)8-18-12(13)7-15/h8-9,11,15H,6-7H2,1-5H3. The molecule has 0 bridgehead atoms. The van der Waals surface area contributed by atoms with Crippen LogP contribution in [0.4, 0.5) is 0 Å². The molecular weight excluding hydrogens is 282 g/mol. The Kier molecular flexibility index (Phi) is 5.55. The number of hydrogen-bond donors (Lipinski definition) is 1. The summed E-state index contributed by atoms with van der Waals surface area (Å²) < 4.78 is 26.7. The van der Waals surface area contributed by atoms with Crippen molar-refractivity contribution in [3.63, 3.8) is 0 Å². The van der Waals surface area contributed by atoms with E-state index in [0.29, 0.717) is 16.4 Å². The fourth-order valence-corrected chi connectivity index (χ4v) is 5.13. The minimum atomic E-state index is -3.53. The molecule has 19 heavy (non-hydrogen) atoms. The largest absolute Gasteiger partial charge is 0.391 e. The fourth-order valence-electron chi connectivity index (χ4n) is 2.15. The van der Waals surface area contributed by atoms with Gasteiger partial charge in [-0.1, -0.05) is 13.8 Å². The van der Waals surface area contributed by atoms with Crippen molar-refractivity contribution >= 4 is 21.4 Å². The molecule has 0 aliphatic heterocycles. The summed E-state index contributed by atoms with van der Waals surface area (Å²) >= 11 is 1.29. The maximum absolute atomic E-state index is 12.6. The first-order valence-corrected chi connectivity index (χ1v) is 8.69. The van der Waals surface area contributed by atoms with Gasteiger partial charge in [0.05, 0.1) is 11.5 Å². The second kappa shape index (κ2) is 6.35. The normalized spacial score (nSPS) is 14.3. The van der Waals surface area contributed by atoms with Crippen LogP contribution in [0.1, 0.15) is 37.6 Å². The summed E-state index contributed by atoms with van der Waals surface area (Å²) in [4.78, 5) is 0.791. The highest BCUT2D eigenvalue weighted by molar-refractivity contribution is 7.89. The lowest BCUT2D eigenvalue weighted by molar-refractivity contribution is 0.281. The van der Waals surface area contributed by atoms with Gasteiger partial charge in [0.2, 0.25) is 10.0 Å². The first kappa shape index (κ1) is 16.6. The third-order valence-electron chi connectivity index (χ3n) is 3.20. The molecule has 1 heterocycles. The molecule has 1 unspecified atom stereocenters. The SMILES string of the molecule is Cc1csc(CO)c1S(=O)(=O)N(C)C(C)CC(C)C. The van der Waals surface area contributed by atoms with E-state index in [1.807, 2.05) is 6.92 Å². The molecule has 0 saturated heterocycles. The minimum Gasteiger partial charge on any atom is -0.391 e. The third-order valence-corrected chi connectivity index (χ3v) is 6.62. The van der Waals surface area contributed by atoms with Gasteiger partial charge in [-0.25, -0.2) is 8.42 Å². The average molecular weight is 305 g/mol. The molecule has 0 radical (unpaired) electrons. The smallest absolute Gasteiger partial charge is 0.244 e. The highest BCUT2D eigenvalue weighted by Gasteiger charge is 2.30. The zero-order valence-electron chi connectivity index (χ0n) is 12.2. The van der Waals surface area contributed by atoms with E-state index < -0.39 is 10.0 Å². The number of hydrogen-bond acceptors (Lipinski definition) is 4. The van der Waals surface area contributed by atoms with Gasteiger partial charge in [-0.3, -0.25) is 0 Å². The lowest BCUT2D eigenvalue weighted by atomic mass is 10.1. The Bertz CT molecular complexity index is 520. The molecule has 0 aliphatic rings. The molecule has 0 aromatic carbocycles. The first-order chi connectivity index (χ1) is 8.71. The molecule has 1 N–H and O–H groups in total. The molecule has 1 aromatic rings. The Balaban J connectivity index is 3.13. The van der Waals surface area contributed by atoms with E-state index in [-0.39, 0.29) is 17.5 Å². The number of thiophene rings is 1. The highest BCUT2D eigenvalue weighted by Crippen LogP contribution is 2.30. The summed E-state index contributed by atoms with van der Waals surface area (Å²) in [6.45, 7) is 7.60. The van der Waals surface area contributed by atoms with Gasteiger partial charge in [-0.2, -0.15) is 4.31 Å². The summed E-state index contributed by atoms with van der Waals surface area (Å²) in [5.74, 6) is 0.438. The van der Waals surface area contributed by atoms with E-state index in [1.54, 1.807) is 19.4 Å². The second-order valence-electron chi connectivity index (χ2n) is 5.33. The molecule has 4 nitrogen and oxygen atoms in total. The van der Waals surface area contributed by atoms with Crippen LogP contribution >= 0.6 is 11.3 Å². The van der Waals surface area contributed by atoms with Gasteiger partial charge in [0.25, 0.3) is 0 Å². The van der Waals surface area contributed by atoms with Crippen molar-refractivity contribution in [3.05, 3.63) is 15.8 Å². The fraction of sp³-hybridized carbons (Fsp3) is 0.692. The number of aliphatic hydroxyl groups excluding tert-OH is 1. The molecule has 1 aromatic heterocycles. The van der Waals surface area contributed by atoms with Gasteiger partial charge in [0.1, 0.15) is 4.90 Å². The summed E-state index contributed by atoms with van der Waals surface area (Å²) in [5.41, 5.74) is 0.706. The van der Waals surface area contributed by atoms with Gasteiger partial charge < -0.3 is 5.11 Å². The number of sulfonamides is 1. The average Bonchev–Trinajstić information content (AvgIpc) is 2.68. The quantitative estimate of drug-likeness (QED) is 0.879. The van der Waals surface area contributed by atoms with Crippen molar-refractivity contribution in [2.75, 3.05) is 7.05 Å². The molecule has 6 heteroatoms. The second-order valence-corrected chi connectivity index (χ2v) is 8.23. The molecule has 0 fully saturated rings. The van der Waals surface area contributed by atoms with E-state index in [1.165, 1.54) is 15.6 Å². The van der Waals surface area contributed by atoms with Crippen molar-refractivity contribution in [2.24, 2.45) is 5.92 Å². The number of nitrogens with zero attached hydrogens (tertiary/aromatic N) is 1. The van der Waals surface area contributed by atoms with Crippen LogP contribution in [0.25, 0.3) is 0 Å². The highest BCUT2D eigenvalue weighted by atomic mass is 32.2. The van der Waals surface area contributed by atoms with Crippen LogP contribution in [-0.4, -0.2) is 30.9 Å². The monoisotopic (exact) mass is 305 g/mol. The summed E-state index contributed by atoms with van der Waals surface area (Å²) in [6.07, 6.45) is 0.813. The minimum absolute atomic E-state index is 0.0594. The number of aliphatic hydroxyl groups is 1. The first-order valence-electron chi connectivity index (χ1n) is 6.37. The Morgan fingerprint density at radius 2 is 1.95 bits per heavy atom. The zero-order chi connectivity index (χ0) is 14.8.